The first-order valence-corrected chi connectivity index (χ1v) is 2.17. The maximum Gasteiger partial charge on any atom is 0.249 e. The van der Waals surface area contributed by atoms with E-state index < -0.39 is 18.5 Å². The van der Waals surface area contributed by atoms with Crippen LogP contribution in [-0.2, 0) is 4.79 Å². The predicted octanol–water partition coefficient (Wildman–Crippen LogP) is -1.95. The van der Waals surface area contributed by atoms with E-state index >= 15 is 0 Å². The lowest BCUT2D eigenvalue weighted by Gasteiger charge is -2.02. The Morgan fingerprint density at radius 3 is 2.88 bits per heavy atom. The monoisotopic (exact) mass is 119 g/mol. The minimum atomic E-state index is -1.42. The second kappa shape index (κ2) is 3.40. The number of likely N-dealkylation sites (N-methyl/N-ethyl adjacent to an activating group) is 1. The van der Waals surface area contributed by atoms with Crippen LogP contribution in [-0.4, -0.2) is 30.7 Å². The van der Waals surface area contributed by atoms with Gasteiger partial charge in [-0.05, 0) is 0 Å². The highest BCUT2D eigenvalue weighted by Crippen LogP contribution is 1.74. The Hall–Kier alpha value is -0.610. The Morgan fingerprint density at radius 2 is 2.75 bits per heavy atom. The summed E-state index contributed by atoms with van der Waals surface area (Å²) in [5.74, 6) is -0.627. The van der Waals surface area contributed by atoms with E-state index in [0.717, 1.165) is 0 Å². The van der Waals surface area contributed by atoms with Crippen LogP contribution in [0.1, 0.15) is 1.37 Å². The molecule has 1 amide bonds. The molecule has 0 aromatic carbocycles. The number of amides is 1. The highest BCUT2D eigenvalue weighted by Gasteiger charge is 2.08. The number of rotatable bonds is 2. The summed E-state index contributed by atoms with van der Waals surface area (Å²) in [4.78, 5) is 10.4. The van der Waals surface area contributed by atoms with E-state index in [1.54, 1.807) is 0 Å². The van der Waals surface area contributed by atoms with Gasteiger partial charge in [0.25, 0.3) is 0 Å². The molecule has 2 unspecified atom stereocenters. The summed E-state index contributed by atoms with van der Waals surface area (Å²) in [5.41, 5.74) is 4.87. The smallest absolute Gasteiger partial charge is 0.249 e. The number of nitrogens with two attached hydrogens (primary N) is 1. The summed E-state index contributed by atoms with van der Waals surface area (Å²) < 4.78 is 6.68. The molecule has 0 aliphatic rings. The maximum absolute atomic E-state index is 10.4. The van der Waals surface area contributed by atoms with Crippen molar-refractivity contribution in [2.24, 2.45) is 5.73 Å². The van der Waals surface area contributed by atoms with Crippen LogP contribution in [0.3, 0.4) is 0 Å². The molecule has 0 heterocycles. The molecular weight excluding hydrogens is 108 g/mol. The van der Waals surface area contributed by atoms with Crippen molar-refractivity contribution in [1.82, 2.24) is 5.32 Å². The molecule has 0 aliphatic heterocycles. The number of hydrogen-bond acceptors (Lipinski definition) is 3. The summed E-state index contributed by atoms with van der Waals surface area (Å²) in [6.07, 6.45) is -1.42. The largest absolute Gasteiger partial charge is 0.382 e. The highest BCUT2D eigenvalue weighted by atomic mass is 16.3. The Bertz CT molecular complexity index is 107. The average molecular weight is 119 g/mol. The van der Waals surface area contributed by atoms with Gasteiger partial charge >= 0.3 is 0 Å². The SMILES string of the molecule is [2H]C(N)C(O)C(=O)NC. The van der Waals surface area contributed by atoms with Crippen molar-refractivity contribution in [2.75, 3.05) is 13.6 Å². The van der Waals surface area contributed by atoms with Gasteiger partial charge in [-0.25, -0.2) is 0 Å². The van der Waals surface area contributed by atoms with Gasteiger partial charge in [-0.3, -0.25) is 4.79 Å². The van der Waals surface area contributed by atoms with Crippen molar-refractivity contribution < 1.29 is 11.3 Å². The second-order valence-electron chi connectivity index (χ2n) is 1.25. The first-order valence-electron chi connectivity index (χ1n) is 2.75. The zero-order chi connectivity index (χ0) is 7.44. The van der Waals surface area contributed by atoms with Crippen molar-refractivity contribution in [3.8, 4) is 0 Å². The van der Waals surface area contributed by atoms with Gasteiger partial charge in [0.2, 0.25) is 5.91 Å². The van der Waals surface area contributed by atoms with Crippen LogP contribution in [0, 0.1) is 0 Å². The van der Waals surface area contributed by atoms with E-state index in [9.17, 15) is 4.79 Å². The molecule has 4 heteroatoms. The summed E-state index contributed by atoms with van der Waals surface area (Å²) >= 11 is 0. The minimum Gasteiger partial charge on any atom is -0.382 e. The van der Waals surface area contributed by atoms with E-state index in [1.807, 2.05) is 0 Å². The van der Waals surface area contributed by atoms with Crippen molar-refractivity contribution in [3.05, 3.63) is 0 Å². The fourth-order valence-electron chi connectivity index (χ4n) is 0.235. The molecule has 0 aromatic rings. The molecule has 4 nitrogen and oxygen atoms in total. The van der Waals surface area contributed by atoms with Gasteiger partial charge < -0.3 is 16.2 Å². The van der Waals surface area contributed by atoms with Crippen LogP contribution in [0.2, 0.25) is 0 Å². The summed E-state index contributed by atoms with van der Waals surface area (Å²) in [5, 5.41) is 10.8. The van der Waals surface area contributed by atoms with Crippen LogP contribution in [0.25, 0.3) is 0 Å². The topological polar surface area (TPSA) is 75.3 Å². The van der Waals surface area contributed by atoms with Crippen molar-refractivity contribution in [3.63, 3.8) is 0 Å². The Morgan fingerprint density at radius 1 is 2.25 bits per heavy atom. The number of nitrogens with one attached hydrogen (secondary N) is 1. The molecule has 0 bridgehead atoms. The molecular formula is C4H10N2O2. The van der Waals surface area contributed by atoms with Gasteiger partial charge in [-0.15, -0.1) is 0 Å². The number of aliphatic hydroxyl groups excluding tert-OH is 1. The third-order valence-electron chi connectivity index (χ3n) is 0.697. The summed E-state index contributed by atoms with van der Waals surface area (Å²) in [6.45, 7) is -1.26. The molecule has 0 saturated heterocycles. The normalized spacial score (nSPS) is 18.6. The average Bonchev–Trinajstić information content (AvgIpc) is 1.84. The van der Waals surface area contributed by atoms with Crippen LogP contribution >= 0.6 is 0 Å². The quantitative estimate of drug-likeness (QED) is 0.395. The van der Waals surface area contributed by atoms with Crippen LogP contribution in [0.5, 0.6) is 0 Å². The molecule has 0 spiro atoms. The van der Waals surface area contributed by atoms with Gasteiger partial charge in [-0.1, -0.05) is 0 Å². The van der Waals surface area contributed by atoms with Crippen LogP contribution < -0.4 is 11.1 Å². The van der Waals surface area contributed by atoms with E-state index in [1.165, 1.54) is 7.05 Å². The maximum atomic E-state index is 10.4. The zero-order valence-electron chi connectivity index (χ0n) is 5.59. The molecule has 8 heavy (non-hydrogen) atoms. The van der Waals surface area contributed by atoms with E-state index in [0.29, 0.717) is 0 Å². The summed E-state index contributed by atoms with van der Waals surface area (Å²) in [6, 6.07) is 0. The van der Waals surface area contributed by atoms with Gasteiger partial charge in [-0.2, -0.15) is 0 Å². The fourth-order valence-corrected chi connectivity index (χ4v) is 0.235. The minimum absolute atomic E-state index is 0.627. The lowest BCUT2D eigenvalue weighted by Crippen LogP contribution is -2.37. The highest BCUT2D eigenvalue weighted by molar-refractivity contribution is 5.80. The Kier molecular flexibility index (Phi) is 2.35. The predicted molar refractivity (Wildman–Crippen MR) is 29.1 cm³/mol. The molecule has 0 fully saturated rings. The number of hydrogen-bond donors (Lipinski definition) is 3. The van der Waals surface area contributed by atoms with E-state index in [2.05, 4.69) is 5.32 Å². The fraction of sp³-hybridized carbons (Fsp3) is 0.750. The lowest BCUT2D eigenvalue weighted by atomic mass is 10.3. The Balaban J connectivity index is 3.72. The number of aliphatic hydroxyl groups is 1. The molecule has 48 valence electrons. The first kappa shape index (κ1) is 5.53. The molecule has 0 aromatic heterocycles. The number of carbonyl (C=O) groups excluding carboxylic acids is 1. The van der Waals surface area contributed by atoms with Gasteiger partial charge in [0, 0.05) is 14.9 Å². The zero-order valence-corrected chi connectivity index (χ0v) is 4.59. The van der Waals surface area contributed by atoms with Gasteiger partial charge in [0.05, 0.1) is 0 Å². The van der Waals surface area contributed by atoms with Gasteiger partial charge in [0.15, 0.2) is 0 Å². The molecule has 4 N–H and O–H groups in total. The Labute approximate surface area is 49.1 Å². The van der Waals surface area contributed by atoms with Crippen molar-refractivity contribution >= 4 is 5.91 Å². The van der Waals surface area contributed by atoms with E-state index in [-0.39, 0.29) is 0 Å². The van der Waals surface area contributed by atoms with Gasteiger partial charge in [0.1, 0.15) is 6.10 Å². The van der Waals surface area contributed by atoms with Crippen LogP contribution in [0.4, 0.5) is 0 Å². The van der Waals surface area contributed by atoms with Crippen LogP contribution in [0.15, 0.2) is 0 Å². The molecule has 0 radical (unpaired) electrons. The number of carbonyl (C=O) groups is 1. The summed E-state index contributed by atoms with van der Waals surface area (Å²) in [7, 11) is 1.37. The molecule has 2 atom stereocenters. The lowest BCUT2D eigenvalue weighted by molar-refractivity contribution is -0.128. The standard InChI is InChI=1S/C4H10N2O2/c1-6-4(8)3(7)2-5/h3,7H,2,5H2,1H3,(H,6,8)/i2D. The molecule has 0 rings (SSSR count). The second-order valence-corrected chi connectivity index (χ2v) is 1.25. The third-order valence-corrected chi connectivity index (χ3v) is 0.697. The first-order chi connectivity index (χ1) is 4.09. The molecule has 0 aliphatic carbocycles. The molecule has 0 saturated carbocycles. The third kappa shape index (κ3) is 1.90. The van der Waals surface area contributed by atoms with Crippen molar-refractivity contribution in [2.45, 2.75) is 6.10 Å². The van der Waals surface area contributed by atoms with Crippen molar-refractivity contribution in [1.29, 1.82) is 0 Å². The van der Waals surface area contributed by atoms with E-state index in [4.69, 9.17) is 12.2 Å².